The van der Waals surface area contributed by atoms with Gasteiger partial charge in [-0.05, 0) is 25.2 Å². The molecule has 0 fully saturated rings. The predicted molar refractivity (Wildman–Crippen MR) is 129 cm³/mol. The Labute approximate surface area is 192 Å². The van der Waals surface area contributed by atoms with Crippen molar-refractivity contribution in [3.63, 3.8) is 0 Å². The van der Waals surface area contributed by atoms with Crippen molar-refractivity contribution in [3.05, 3.63) is 0 Å². The molecule has 5 nitrogen and oxygen atoms in total. The first-order valence-electron chi connectivity index (χ1n) is 13.1. The maximum atomic E-state index is 11.7. The van der Waals surface area contributed by atoms with E-state index in [4.69, 9.17) is 18.9 Å². The number of rotatable bonds is 25. The first kappa shape index (κ1) is 30.4. The Morgan fingerprint density at radius 3 is 1.68 bits per heavy atom. The number of carbonyl (C=O) groups excluding carboxylic acids is 1. The Morgan fingerprint density at radius 1 is 0.581 bits per heavy atom. The first-order valence-corrected chi connectivity index (χ1v) is 13.1. The highest BCUT2D eigenvalue weighted by Gasteiger charge is 2.03. The van der Waals surface area contributed by atoms with E-state index in [1.54, 1.807) is 0 Å². The fourth-order valence-corrected chi connectivity index (χ4v) is 3.29. The van der Waals surface area contributed by atoms with Crippen molar-refractivity contribution in [3.8, 4) is 0 Å². The molecule has 0 radical (unpaired) electrons. The van der Waals surface area contributed by atoms with Gasteiger partial charge in [0.15, 0.2) is 0 Å². The molecule has 0 aromatic carbocycles. The van der Waals surface area contributed by atoms with E-state index in [1.165, 1.54) is 57.8 Å². The Bertz CT molecular complexity index is 360. The number of unbranched alkanes of at least 4 members (excludes halogenated alkanes) is 9. The predicted octanol–water partition coefficient (Wildman–Crippen LogP) is 6.72. The van der Waals surface area contributed by atoms with Gasteiger partial charge >= 0.3 is 5.97 Å². The molecule has 0 atom stereocenters. The van der Waals surface area contributed by atoms with E-state index in [0.717, 1.165) is 31.8 Å². The van der Waals surface area contributed by atoms with Crippen LogP contribution in [-0.2, 0) is 23.7 Å². The van der Waals surface area contributed by atoms with Crippen LogP contribution in [0.2, 0.25) is 0 Å². The van der Waals surface area contributed by atoms with Crippen LogP contribution in [0.15, 0.2) is 0 Å². The lowest BCUT2D eigenvalue weighted by molar-refractivity contribution is -0.144. The van der Waals surface area contributed by atoms with E-state index in [9.17, 15) is 4.79 Å². The lowest BCUT2D eigenvalue weighted by Crippen LogP contribution is -2.11. The van der Waals surface area contributed by atoms with E-state index in [-0.39, 0.29) is 5.97 Å². The number of ether oxygens (including phenoxy) is 4. The van der Waals surface area contributed by atoms with E-state index in [1.807, 2.05) is 0 Å². The smallest absolute Gasteiger partial charge is 0.305 e. The van der Waals surface area contributed by atoms with E-state index >= 15 is 0 Å². The van der Waals surface area contributed by atoms with Crippen LogP contribution in [0.25, 0.3) is 0 Å². The van der Waals surface area contributed by atoms with Crippen LogP contribution in [0, 0.1) is 5.92 Å². The second kappa shape index (κ2) is 25.6. The number of hydrogen-bond donors (Lipinski definition) is 0. The summed E-state index contributed by atoms with van der Waals surface area (Å²) in [6.07, 6.45) is 16.2. The molecular weight excluding hydrogens is 392 g/mol. The van der Waals surface area contributed by atoms with Crippen molar-refractivity contribution in [2.45, 2.75) is 111 Å². The Kier molecular flexibility index (Phi) is 25.1. The molecule has 0 bridgehead atoms. The number of esters is 1. The summed E-state index contributed by atoms with van der Waals surface area (Å²) in [6, 6.07) is 0. The fourth-order valence-electron chi connectivity index (χ4n) is 3.29. The standard InChI is InChI=1S/C26H52O5/c1-4-5-6-7-8-10-13-18-28-21-23-30-24-22-29-19-15-17-26(27)31-20-14-11-9-12-16-25(2)3/h25H,4-24H2,1-3H3. The van der Waals surface area contributed by atoms with Gasteiger partial charge in [-0.2, -0.15) is 0 Å². The average molecular weight is 445 g/mol. The Balaban J connectivity index is 3.13. The van der Waals surface area contributed by atoms with Crippen LogP contribution >= 0.6 is 0 Å². The molecule has 31 heavy (non-hydrogen) atoms. The summed E-state index contributed by atoms with van der Waals surface area (Å²) in [7, 11) is 0. The zero-order valence-electron chi connectivity index (χ0n) is 21.0. The number of hydrogen-bond acceptors (Lipinski definition) is 5. The molecule has 186 valence electrons. The van der Waals surface area contributed by atoms with E-state index in [0.29, 0.717) is 52.5 Å². The molecule has 0 unspecified atom stereocenters. The van der Waals surface area contributed by atoms with Gasteiger partial charge in [0.2, 0.25) is 0 Å². The second-order valence-corrected chi connectivity index (χ2v) is 8.88. The first-order chi connectivity index (χ1) is 15.2. The highest BCUT2D eigenvalue weighted by molar-refractivity contribution is 5.69. The molecule has 5 heteroatoms. The third-order valence-corrected chi connectivity index (χ3v) is 5.24. The zero-order valence-corrected chi connectivity index (χ0v) is 21.0. The van der Waals surface area contributed by atoms with Gasteiger partial charge in [-0.1, -0.05) is 85.0 Å². The van der Waals surface area contributed by atoms with Crippen molar-refractivity contribution in [1.29, 1.82) is 0 Å². The van der Waals surface area contributed by atoms with Crippen LogP contribution in [-0.4, -0.2) is 52.2 Å². The lowest BCUT2D eigenvalue weighted by atomic mass is 10.0. The SMILES string of the molecule is CCCCCCCCCOCCOCCOCCCC(=O)OCCCCCCC(C)C. The summed E-state index contributed by atoms with van der Waals surface area (Å²) in [5.74, 6) is 0.672. The van der Waals surface area contributed by atoms with Crippen molar-refractivity contribution < 1.29 is 23.7 Å². The summed E-state index contributed by atoms with van der Waals surface area (Å²) in [4.78, 5) is 11.7. The van der Waals surface area contributed by atoms with Crippen LogP contribution in [0.5, 0.6) is 0 Å². The quantitative estimate of drug-likeness (QED) is 0.116. The Hall–Kier alpha value is -0.650. The highest BCUT2D eigenvalue weighted by atomic mass is 16.5. The minimum atomic E-state index is -0.111. The highest BCUT2D eigenvalue weighted by Crippen LogP contribution is 2.09. The van der Waals surface area contributed by atoms with Gasteiger partial charge in [0, 0.05) is 19.6 Å². The molecule has 0 rings (SSSR count). The largest absolute Gasteiger partial charge is 0.466 e. The van der Waals surface area contributed by atoms with E-state index < -0.39 is 0 Å². The van der Waals surface area contributed by atoms with Gasteiger partial charge in [0.25, 0.3) is 0 Å². The zero-order chi connectivity index (χ0) is 22.8. The molecule has 0 saturated heterocycles. The van der Waals surface area contributed by atoms with Gasteiger partial charge in [-0.25, -0.2) is 0 Å². The van der Waals surface area contributed by atoms with Crippen molar-refractivity contribution in [2.75, 3.05) is 46.2 Å². The summed E-state index contributed by atoms with van der Waals surface area (Å²) in [6.45, 7) is 11.1. The summed E-state index contributed by atoms with van der Waals surface area (Å²) < 4.78 is 21.8. The van der Waals surface area contributed by atoms with Crippen LogP contribution in [0.1, 0.15) is 111 Å². The maximum absolute atomic E-state index is 11.7. The van der Waals surface area contributed by atoms with Gasteiger partial charge in [0.1, 0.15) is 0 Å². The molecule has 0 aliphatic rings. The summed E-state index contributed by atoms with van der Waals surface area (Å²) in [5.41, 5.74) is 0. The molecule has 0 aliphatic heterocycles. The topological polar surface area (TPSA) is 54.0 Å². The molecule has 0 saturated carbocycles. The van der Waals surface area contributed by atoms with Gasteiger partial charge in [-0.15, -0.1) is 0 Å². The van der Waals surface area contributed by atoms with Crippen molar-refractivity contribution in [2.24, 2.45) is 5.92 Å². The fraction of sp³-hybridized carbons (Fsp3) is 0.962. The lowest BCUT2D eigenvalue weighted by Gasteiger charge is -2.08. The van der Waals surface area contributed by atoms with Crippen LogP contribution < -0.4 is 0 Å². The van der Waals surface area contributed by atoms with E-state index in [2.05, 4.69) is 20.8 Å². The molecule has 0 heterocycles. The Morgan fingerprint density at radius 2 is 1.06 bits per heavy atom. The second-order valence-electron chi connectivity index (χ2n) is 8.88. The van der Waals surface area contributed by atoms with Gasteiger partial charge in [0.05, 0.1) is 33.0 Å². The van der Waals surface area contributed by atoms with Crippen LogP contribution in [0.4, 0.5) is 0 Å². The summed E-state index contributed by atoms with van der Waals surface area (Å²) >= 11 is 0. The van der Waals surface area contributed by atoms with Gasteiger partial charge in [-0.3, -0.25) is 4.79 Å². The minimum Gasteiger partial charge on any atom is -0.466 e. The van der Waals surface area contributed by atoms with Crippen molar-refractivity contribution >= 4 is 5.97 Å². The summed E-state index contributed by atoms with van der Waals surface area (Å²) in [5, 5.41) is 0. The molecule has 0 spiro atoms. The molecule has 0 amide bonds. The third-order valence-electron chi connectivity index (χ3n) is 5.24. The van der Waals surface area contributed by atoms with Crippen molar-refractivity contribution in [1.82, 2.24) is 0 Å². The third kappa shape index (κ3) is 27.3. The molecule has 0 N–H and O–H groups in total. The van der Waals surface area contributed by atoms with Gasteiger partial charge < -0.3 is 18.9 Å². The normalized spacial score (nSPS) is 11.4. The molecule has 0 aliphatic carbocycles. The van der Waals surface area contributed by atoms with Crippen LogP contribution in [0.3, 0.4) is 0 Å². The minimum absolute atomic E-state index is 0.111. The maximum Gasteiger partial charge on any atom is 0.305 e. The monoisotopic (exact) mass is 444 g/mol. The number of carbonyl (C=O) groups is 1. The average Bonchev–Trinajstić information content (AvgIpc) is 2.75. The molecule has 0 aromatic heterocycles. The molecule has 0 aromatic rings. The molecular formula is C26H52O5.